The zero-order chi connectivity index (χ0) is 18.6. The highest BCUT2D eigenvalue weighted by Crippen LogP contribution is 2.24. The van der Waals surface area contributed by atoms with E-state index in [4.69, 9.17) is 4.52 Å². The molecule has 138 valence electrons. The van der Waals surface area contributed by atoms with Crippen LogP contribution in [0.4, 0.5) is 0 Å². The van der Waals surface area contributed by atoms with Gasteiger partial charge in [0.05, 0.1) is 10.6 Å². The van der Waals surface area contributed by atoms with Crippen molar-refractivity contribution in [1.82, 2.24) is 30.3 Å². The molecule has 0 saturated heterocycles. The van der Waals surface area contributed by atoms with Gasteiger partial charge in [-0.2, -0.15) is 9.67 Å². The molecule has 0 saturated carbocycles. The first-order chi connectivity index (χ1) is 13.2. The maximum atomic E-state index is 5.34. The van der Waals surface area contributed by atoms with E-state index >= 15 is 0 Å². The van der Waals surface area contributed by atoms with Crippen LogP contribution in [-0.2, 0) is 6.42 Å². The Labute approximate surface area is 164 Å². The van der Waals surface area contributed by atoms with Gasteiger partial charge in [0.1, 0.15) is 0 Å². The van der Waals surface area contributed by atoms with Gasteiger partial charge in [-0.05, 0) is 53.8 Å². The molecule has 4 rings (SSSR count). The van der Waals surface area contributed by atoms with Gasteiger partial charge < -0.3 is 4.52 Å². The predicted octanol–water partition coefficient (Wildman–Crippen LogP) is 4.12. The van der Waals surface area contributed by atoms with Gasteiger partial charge in [0.2, 0.25) is 16.9 Å². The monoisotopic (exact) mass is 398 g/mol. The highest BCUT2D eigenvalue weighted by molar-refractivity contribution is 7.99. The van der Waals surface area contributed by atoms with E-state index in [1.54, 1.807) is 27.8 Å². The molecule has 3 heterocycles. The van der Waals surface area contributed by atoms with Gasteiger partial charge in [-0.3, -0.25) is 0 Å². The predicted molar refractivity (Wildman–Crippen MR) is 105 cm³/mol. The topological polar surface area (TPSA) is 82.5 Å². The highest BCUT2D eigenvalue weighted by atomic mass is 32.2. The number of thioether (sulfide) groups is 1. The minimum atomic E-state index is 0.659. The molecule has 0 atom stereocenters. The molecule has 0 spiro atoms. The van der Waals surface area contributed by atoms with Gasteiger partial charge in [-0.1, -0.05) is 40.7 Å². The van der Waals surface area contributed by atoms with Crippen LogP contribution in [0.3, 0.4) is 0 Å². The summed E-state index contributed by atoms with van der Waals surface area (Å²) in [7, 11) is 0. The van der Waals surface area contributed by atoms with Crippen molar-refractivity contribution in [3.05, 3.63) is 52.7 Å². The molecule has 7 nitrogen and oxygen atoms in total. The maximum Gasteiger partial charge on any atom is 0.227 e. The van der Waals surface area contributed by atoms with Crippen molar-refractivity contribution in [2.24, 2.45) is 0 Å². The fraction of sp³-hybridized carbons (Fsp3) is 0.278. The molecule has 0 aliphatic heterocycles. The molecule has 1 aromatic carbocycles. The lowest BCUT2D eigenvalue weighted by molar-refractivity contribution is 0.378. The van der Waals surface area contributed by atoms with E-state index in [0.717, 1.165) is 39.9 Å². The number of thiophene rings is 1. The lowest BCUT2D eigenvalue weighted by atomic mass is 10.1. The summed E-state index contributed by atoms with van der Waals surface area (Å²) in [5.41, 5.74) is 3.38. The lowest BCUT2D eigenvalue weighted by Gasteiger charge is -2.08. The van der Waals surface area contributed by atoms with Crippen LogP contribution in [0.2, 0.25) is 0 Å². The first kappa shape index (κ1) is 17.9. The summed E-state index contributed by atoms with van der Waals surface area (Å²) in [5, 5.41) is 19.0. The van der Waals surface area contributed by atoms with E-state index in [1.807, 2.05) is 17.5 Å². The second-order valence-electron chi connectivity index (χ2n) is 6.10. The summed E-state index contributed by atoms with van der Waals surface area (Å²) < 4.78 is 7.13. The van der Waals surface area contributed by atoms with Gasteiger partial charge >= 0.3 is 0 Å². The molecule has 0 bridgehead atoms. The third-order valence-electron chi connectivity index (χ3n) is 4.00. The summed E-state index contributed by atoms with van der Waals surface area (Å²) in [4.78, 5) is 5.47. The highest BCUT2D eigenvalue weighted by Gasteiger charge is 2.12. The second-order valence-corrected chi connectivity index (χ2v) is 8.11. The quantitative estimate of drug-likeness (QED) is 0.342. The number of tetrazole rings is 1. The maximum absolute atomic E-state index is 5.34. The van der Waals surface area contributed by atoms with E-state index in [1.165, 1.54) is 5.56 Å². The van der Waals surface area contributed by atoms with E-state index in [9.17, 15) is 0 Å². The van der Waals surface area contributed by atoms with Crippen molar-refractivity contribution in [2.75, 3.05) is 5.75 Å². The van der Waals surface area contributed by atoms with Crippen molar-refractivity contribution >= 4 is 23.1 Å². The summed E-state index contributed by atoms with van der Waals surface area (Å²) in [6.45, 7) is 4.15. The minimum Gasteiger partial charge on any atom is -0.339 e. The largest absolute Gasteiger partial charge is 0.339 e. The molecule has 0 fully saturated rings. The molecule has 3 aromatic heterocycles. The number of hydrogen-bond donors (Lipinski definition) is 0. The first-order valence-corrected chi connectivity index (χ1v) is 10.4. The van der Waals surface area contributed by atoms with Gasteiger partial charge in [0, 0.05) is 12.2 Å². The molecule has 4 aromatic rings. The summed E-state index contributed by atoms with van der Waals surface area (Å²) in [6, 6.07) is 10.2. The molecule has 0 aliphatic carbocycles. The Hall–Kier alpha value is -2.52. The molecule has 0 N–H and O–H groups in total. The first-order valence-electron chi connectivity index (χ1n) is 8.56. The van der Waals surface area contributed by atoms with Crippen LogP contribution in [0.5, 0.6) is 0 Å². The fourth-order valence-electron chi connectivity index (χ4n) is 2.71. The minimum absolute atomic E-state index is 0.659. The van der Waals surface area contributed by atoms with Crippen LogP contribution in [0.1, 0.15) is 23.4 Å². The SMILES string of the molecule is Cc1ccc(-n2nnnc2SCCCc2nc(-c3cccs3)no2)c(C)c1. The Morgan fingerprint density at radius 3 is 2.96 bits per heavy atom. The van der Waals surface area contributed by atoms with Crippen LogP contribution in [0.15, 0.2) is 45.4 Å². The van der Waals surface area contributed by atoms with Crippen molar-refractivity contribution in [3.8, 4) is 16.4 Å². The van der Waals surface area contributed by atoms with Crippen molar-refractivity contribution in [2.45, 2.75) is 31.8 Å². The fourth-order valence-corrected chi connectivity index (χ4v) is 4.18. The van der Waals surface area contributed by atoms with Crippen LogP contribution in [-0.4, -0.2) is 36.1 Å². The molecular formula is C18H18N6OS2. The van der Waals surface area contributed by atoms with Gasteiger partial charge in [0.25, 0.3) is 0 Å². The van der Waals surface area contributed by atoms with Crippen LogP contribution >= 0.6 is 23.1 Å². The van der Waals surface area contributed by atoms with Crippen molar-refractivity contribution in [3.63, 3.8) is 0 Å². The average molecular weight is 399 g/mol. The Bertz CT molecular complexity index is 1020. The van der Waals surface area contributed by atoms with E-state index in [2.05, 4.69) is 57.7 Å². The van der Waals surface area contributed by atoms with Crippen LogP contribution < -0.4 is 0 Å². The molecule has 0 radical (unpaired) electrons. The average Bonchev–Trinajstić information content (AvgIpc) is 3.40. The Balaban J connectivity index is 1.35. The zero-order valence-corrected chi connectivity index (χ0v) is 16.6. The number of benzene rings is 1. The van der Waals surface area contributed by atoms with Crippen LogP contribution in [0, 0.1) is 13.8 Å². The molecule has 0 amide bonds. The Morgan fingerprint density at radius 2 is 2.15 bits per heavy atom. The summed E-state index contributed by atoms with van der Waals surface area (Å²) in [6.07, 6.45) is 1.63. The number of aryl methyl sites for hydroxylation is 3. The van der Waals surface area contributed by atoms with Gasteiger partial charge in [0.15, 0.2) is 0 Å². The summed E-state index contributed by atoms with van der Waals surface area (Å²) in [5.74, 6) is 2.18. The molecule has 9 heteroatoms. The number of aromatic nitrogens is 6. The Morgan fingerprint density at radius 1 is 1.22 bits per heavy atom. The van der Waals surface area contributed by atoms with Crippen molar-refractivity contribution in [1.29, 1.82) is 0 Å². The summed E-state index contributed by atoms with van der Waals surface area (Å²) >= 11 is 3.23. The standard InChI is InChI=1S/C18H18N6OS2/c1-12-7-8-14(13(2)11-12)24-18(20-22-23-24)27-10-4-6-16-19-17(21-25-16)15-5-3-9-26-15/h3,5,7-9,11H,4,6,10H2,1-2H3. The third kappa shape index (κ3) is 4.09. The van der Waals surface area contributed by atoms with Gasteiger partial charge in [-0.25, -0.2) is 0 Å². The second kappa shape index (κ2) is 8.01. The molecule has 0 unspecified atom stereocenters. The van der Waals surface area contributed by atoms with Crippen LogP contribution in [0.25, 0.3) is 16.4 Å². The van der Waals surface area contributed by atoms with Gasteiger partial charge in [-0.15, -0.1) is 16.4 Å². The molecule has 27 heavy (non-hydrogen) atoms. The van der Waals surface area contributed by atoms with Crippen molar-refractivity contribution < 1.29 is 4.52 Å². The lowest BCUT2D eigenvalue weighted by Crippen LogP contribution is -2.02. The molecular weight excluding hydrogens is 380 g/mol. The normalized spacial score (nSPS) is 11.2. The molecule has 0 aliphatic rings. The Kier molecular flexibility index (Phi) is 5.30. The third-order valence-corrected chi connectivity index (χ3v) is 5.87. The van der Waals surface area contributed by atoms with E-state index < -0.39 is 0 Å². The number of hydrogen-bond acceptors (Lipinski definition) is 8. The number of rotatable bonds is 7. The zero-order valence-electron chi connectivity index (χ0n) is 15.0. The smallest absolute Gasteiger partial charge is 0.227 e. The van der Waals surface area contributed by atoms with E-state index in [0.29, 0.717) is 11.7 Å². The van der Waals surface area contributed by atoms with E-state index in [-0.39, 0.29) is 0 Å². The number of nitrogens with zero attached hydrogens (tertiary/aromatic N) is 6.